The van der Waals surface area contributed by atoms with Crippen LogP contribution in [0.15, 0.2) is 12.1 Å². The van der Waals surface area contributed by atoms with Gasteiger partial charge in [-0.15, -0.1) is 0 Å². The third-order valence-corrected chi connectivity index (χ3v) is 2.28. The van der Waals surface area contributed by atoms with Gasteiger partial charge in [0, 0.05) is 16.6 Å². The van der Waals surface area contributed by atoms with Gasteiger partial charge < -0.3 is 5.11 Å². The number of phenolic OH excluding ortho intramolecular Hbond substituents is 1. The number of phenols is 1. The van der Waals surface area contributed by atoms with E-state index in [-0.39, 0.29) is 16.8 Å². The van der Waals surface area contributed by atoms with Crippen LogP contribution in [0, 0.1) is 0 Å². The summed E-state index contributed by atoms with van der Waals surface area (Å²) in [5.74, 6) is 5.24. The number of hydrogen-bond donors (Lipinski definition) is 3. The van der Waals surface area contributed by atoms with Crippen molar-refractivity contribution in [1.82, 2.24) is 5.43 Å². The molecule has 0 radical (unpaired) electrons. The summed E-state index contributed by atoms with van der Waals surface area (Å²) in [6, 6.07) is 2.90. The van der Waals surface area contributed by atoms with Gasteiger partial charge in [0.25, 0.3) is 0 Å². The molecule has 4 N–H and O–H groups in total. The minimum Gasteiger partial charge on any atom is -0.506 e. The molecule has 0 bridgehead atoms. The third kappa shape index (κ3) is 2.25. The zero-order valence-electron chi connectivity index (χ0n) is 7.01. The lowest BCUT2D eigenvalue weighted by molar-refractivity contribution is 0.455. The Morgan fingerprint density at radius 3 is 2.62 bits per heavy atom. The van der Waals surface area contributed by atoms with E-state index in [0.29, 0.717) is 10.6 Å². The SMILES string of the molecule is C[C@@H](NN)c1cc(Cl)cc(Cl)c1O. The van der Waals surface area contributed by atoms with E-state index in [1.165, 1.54) is 6.07 Å². The first kappa shape index (κ1) is 10.6. The van der Waals surface area contributed by atoms with Crippen molar-refractivity contribution >= 4 is 23.2 Å². The Kier molecular flexibility index (Phi) is 3.39. The minimum atomic E-state index is -0.198. The van der Waals surface area contributed by atoms with Crippen molar-refractivity contribution in [2.75, 3.05) is 0 Å². The second-order valence-corrected chi connectivity index (χ2v) is 3.56. The quantitative estimate of drug-likeness (QED) is 0.530. The molecular weight excluding hydrogens is 211 g/mol. The smallest absolute Gasteiger partial charge is 0.139 e. The van der Waals surface area contributed by atoms with E-state index in [4.69, 9.17) is 29.0 Å². The molecule has 13 heavy (non-hydrogen) atoms. The summed E-state index contributed by atoms with van der Waals surface area (Å²) in [5.41, 5.74) is 3.08. The van der Waals surface area contributed by atoms with Gasteiger partial charge in [0.1, 0.15) is 5.75 Å². The number of rotatable bonds is 2. The van der Waals surface area contributed by atoms with Crippen molar-refractivity contribution in [2.24, 2.45) is 5.84 Å². The van der Waals surface area contributed by atoms with Crippen molar-refractivity contribution in [3.63, 3.8) is 0 Å². The second-order valence-electron chi connectivity index (χ2n) is 2.71. The van der Waals surface area contributed by atoms with Crippen molar-refractivity contribution in [2.45, 2.75) is 13.0 Å². The Balaban J connectivity index is 3.20. The highest BCUT2D eigenvalue weighted by molar-refractivity contribution is 6.35. The molecule has 72 valence electrons. The molecule has 1 aromatic rings. The highest BCUT2D eigenvalue weighted by Crippen LogP contribution is 2.34. The van der Waals surface area contributed by atoms with Gasteiger partial charge in [0.15, 0.2) is 0 Å². The van der Waals surface area contributed by atoms with Crippen molar-refractivity contribution in [1.29, 1.82) is 0 Å². The molecule has 0 aliphatic heterocycles. The average Bonchev–Trinajstić information content (AvgIpc) is 2.10. The van der Waals surface area contributed by atoms with Crippen molar-refractivity contribution in [3.05, 3.63) is 27.7 Å². The third-order valence-electron chi connectivity index (χ3n) is 1.77. The van der Waals surface area contributed by atoms with Crippen LogP contribution in [0.2, 0.25) is 10.0 Å². The van der Waals surface area contributed by atoms with Crippen LogP contribution >= 0.6 is 23.2 Å². The Labute approximate surface area is 86.4 Å². The summed E-state index contributed by atoms with van der Waals surface area (Å²) in [6.45, 7) is 1.79. The monoisotopic (exact) mass is 220 g/mol. The fraction of sp³-hybridized carbons (Fsp3) is 0.250. The van der Waals surface area contributed by atoms with Gasteiger partial charge in [-0.25, -0.2) is 0 Å². The molecule has 5 heteroatoms. The van der Waals surface area contributed by atoms with Gasteiger partial charge in [-0.05, 0) is 19.1 Å². The van der Waals surface area contributed by atoms with Crippen LogP contribution in [0.4, 0.5) is 0 Å². The van der Waals surface area contributed by atoms with Gasteiger partial charge in [-0.3, -0.25) is 11.3 Å². The Morgan fingerprint density at radius 1 is 1.46 bits per heavy atom. The molecule has 1 rings (SSSR count). The summed E-state index contributed by atoms with van der Waals surface area (Å²) >= 11 is 11.5. The minimum absolute atomic E-state index is 0.0107. The zero-order valence-corrected chi connectivity index (χ0v) is 8.52. The first-order chi connectivity index (χ1) is 6.06. The molecule has 0 fully saturated rings. The van der Waals surface area contributed by atoms with Crippen LogP contribution in [0.25, 0.3) is 0 Å². The van der Waals surface area contributed by atoms with E-state index in [1.807, 2.05) is 0 Å². The fourth-order valence-electron chi connectivity index (χ4n) is 1.01. The van der Waals surface area contributed by atoms with Crippen LogP contribution in [0.5, 0.6) is 5.75 Å². The van der Waals surface area contributed by atoms with Crippen LogP contribution < -0.4 is 11.3 Å². The molecule has 0 aliphatic rings. The zero-order chi connectivity index (χ0) is 10.0. The summed E-state index contributed by atoms with van der Waals surface area (Å²) in [4.78, 5) is 0. The van der Waals surface area contributed by atoms with E-state index in [0.717, 1.165) is 0 Å². The molecule has 0 saturated carbocycles. The van der Waals surface area contributed by atoms with Crippen LogP contribution in [-0.4, -0.2) is 5.11 Å². The number of aromatic hydroxyl groups is 1. The van der Waals surface area contributed by atoms with Gasteiger partial charge in [0.05, 0.1) is 5.02 Å². The molecule has 0 spiro atoms. The number of benzene rings is 1. The van der Waals surface area contributed by atoms with Gasteiger partial charge in [-0.1, -0.05) is 23.2 Å². The number of nitrogens with two attached hydrogens (primary N) is 1. The number of hydrogen-bond acceptors (Lipinski definition) is 3. The Bertz CT molecular complexity index is 317. The lowest BCUT2D eigenvalue weighted by Gasteiger charge is -2.13. The van der Waals surface area contributed by atoms with E-state index >= 15 is 0 Å². The Morgan fingerprint density at radius 2 is 2.08 bits per heavy atom. The van der Waals surface area contributed by atoms with Crippen LogP contribution in [0.3, 0.4) is 0 Å². The van der Waals surface area contributed by atoms with Crippen molar-refractivity contribution in [3.8, 4) is 5.75 Å². The lowest BCUT2D eigenvalue weighted by Crippen LogP contribution is -2.25. The molecule has 0 aliphatic carbocycles. The summed E-state index contributed by atoms with van der Waals surface area (Å²) < 4.78 is 0. The molecule has 0 amide bonds. The van der Waals surface area contributed by atoms with E-state index in [1.54, 1.807) is 13.0 Å². The van der Waals surface area contributed by atoms with Crippen LogP contribution in [0.1, 0.15) is 18.5 Å². The average molecular weight is 221 g/mol. The fourth-order valence-corrected chi connectivity index (χ4v) is 1.51. The number of hydrazine groups is 1. The summed E-state index contributed by atoms with van der Waals surface area (Å²) in [5, 5.41) is 10.2. The van der Waals surface area contributed by atoms with Gasteiger partial charge >= 0.3 is 0 Å². The number of nitrogens with one attached hydrogen (secondary N) is 1. The molecular formula is C8H10Cl2N2O. The molecule has 1 atom stereocenters. The van der Waals surface area contributed by atoms with Crippen LogP contribution in [-0.2, 0) is 0 Å². The van der Waals surface area contributed by atoms with Gasteiger partial charge in [0.2, 0.25) is 0 Å². The first-order valence-corrected chi connectivity index (χ1v) is 4.46. The Hall–Kier alpha value is -0.480. The highest BCUT2D eigenvalue weighted by Gasteiger charge is 2.12. The molecule has 0 heterocycles. The molecule has 0 saturated heterocycles. The van der Waals surface area contributed by atoms with E-state index in [9.17, 15) is 5.11 Å². The summed E-state index contributed by atoms with van der Waals surface area (Å²) in [6.07, 6.45) is 0. The molecule has 0 unspecified atom stereocenters. The first-order valence-electron chi connectivity index (χ1n) is 3.70. The molecule has 1 aromatic carbocycles. The molecule has 3 nitrogen and oxygen atoms in total. The van der Waals surface area contributed by atoms with E-state index in [2.05, 4.69) is 5.43 Å². The predicted octanol–water partition coefficient (Wildman–Crippen LogP) is 2.22. The van der Waals surface area contributed by atoms with E-state index < -0.39 is 0 Å². The summed E-state index contributed by atoms with van der Waals surface area (Å²) in [7, 11) is 0. The molecule has 0 aromatic heterocycles. The maximum Gasteiger partial charge on any atom is 0.139 e. The predicted molar refractivity (Wildman–Crippen MR) is 53.9 cm³/mol. The maximum atomic E-state index is 9.54. The maximum absolute atomic E-state index is 9.54. The van der Waals surface area contributed by atoms with Gasteiger partial charge in [-0.2, -0.15) is 0 Å². The highest BCUT2D eigenvalue weighted by atomic mass is 35.5. The topological polar surface area (TPSA) is 58.3 Å². The number of halogens is 2. The normalized spacial score (nSPS) is 12.9. The second kappa shape index (κ2) is 4.15. The van der Waals surface area contributed by atoms with Crippen molar-refractivity contribution < 1.29 is 5.11 Å². The standard InChI is InChI=1S/C8H10Cl2N2O/c1-4(12-11)6-2-5(9)3-7(10)8(6)13/h2-4,12-13H,11H2,1H3/t4-/m1/s1. The lowest BCUT2D eigenvalue weighted by atomic mass is 10.1. The largest absolute Gasteiger partial charge is 0.506 e.